The third-order valence-electron chi connectivity index (χ3n) is 3.13. The first-order chi connectivity index (χ1) is 8.67. The van der Waals surface area contributed by atoms with Crippen molar-refractivity contribution >= 4 is 0 Å². The highest BCUT2D eigenvalue weighted by Gasteiger charge is 2.26. The molecule has 0 aliphatic carbocycles. The van der Waals surface area contributed by atoms with E-state index in [9.17, 15) is 10.2 Å². The van der Waals surface area contributed by atoms with E-state index in [2.05, 4.69) is 13.8 Å². The van der Waals surface area contributed by atoms with Crippen LogP contribution in [0.4, 0.5) is 0 Å². The van der Waals surface area contributed by atoms with Crippen molar-refractivity contribution in [2.45, 2.75) is 77.1 Å². The van der Waals surface area contributed by atoms with Crippen LogP contribution in [0, 0.1) is 0 Å². The highest BCUT2D eigenvalue weighted by atomic mass is 16.5. The summed E-state index contributed by atoms with van der Waals surface area (Å²) in [6.07, 6.45) is 4.67. The Labute approximate surface area is 111 Å². The van der Waals surface area contributed by atoms with Crippen LogP contribution in [0.25, 0.3) is 0 Å². The van der Waals surface area contributed by atoms with Gasteiger partial charge in [0.1, 0.15) is 12.2 Å². The second-order valence-electron chi connectivity index (χ2n) is 4.85. The summed E-state index contributed by atoms with van der Waals surface area (Å²) in [4.78, 5) is 0. The van der Waals surface area contributed by atoms with E-state index in [1.165, 1.54) is 0 Å². The summed E-state index contributed by atoms with van der Waals surface area (Å²) in [6, 6.07) is 0. The van der Waals surface area contributed by atoms with Crippen LogP contribution in [0.2, 0.25) is 0 Å². The molecule has 1 unspecified atom stereocenters. The number of aliphatic hydroxyl groups excluding tert-OH is 3. The van der Waals surface area contributed by atoms with Gasteiger partial charge in [-0.3, -0.25) is 0 Å². The van der Waals surface area contributed by atoms with Crippen molar-refractivity contribution in [2.24, 2.45) is 0 Å². The first kappa shape index (κ1) is 17.8. The van der Waals surface area contributed by atoms with Gasteiger partial charge in [-0.15, -0.1) is 0 Å². The van der Waals surface area contributed by atoms with Crippen LogP contribution >= 0.6 is 0 Å². The van der Waals surface area contributed by atoms with E-state index in [0.717, 1.165) is 44.9 Å². The smallest absolute Gasteiger partial charge is 0.108 e. The van der Waals surface area contributed by atoms with Crippen LogP contribution in [0.15, 0.2) is 0 Å². The van der Waals surface area contributed by atoms with Gasteiger partial charge < -0.3 is 20.1 Å². The molecule has 0 radical (unpaired) electrons. The Morgan fingerprint density at radius 2 is 1.56 bits per heavy atom. The number of unbranched alkanes of at least 4 members (excludes halogenated alkanes) is 4. The molecule has 0 saturated carbocycles. The zero-order valence-electron chi connectivity index (χ0n) is 11.8. The van der Waals surface area contributed by atoms with Crippen LogP contribution < -0.4 is 0 Å². The van der Waals surface area contributed by atoms with Crippen molar-refractivity contribution < 1.29 is 20.1 Å². The lowest BCUT2D eigenvalue weighted by Crippen LogP contribution is -2.41. The topological polar surface area (TPSA) is 69.9 Å². The van der Waals surface area contributed by atoms with Crippen molar-refractivity contribution in [2.75, 3.05) is 13.2 Å². The van der Waals surface area contributed by atoms with Crippen molar-refractivity contribution in [1.82, 2.24) is 0 Å². The summed E-state index contributed by atoms with van der Waals surface area (Å²) < 4.78 is 5.65. The van der Waals surface area contributed by atoms with Gasteiger partial charge in [-0.05, 0) is 12.8 Å². The van der Waals surface area contributed by atoms with Crippen molar-refractivity contribution in [1.29, 1.82) is 0 Å². The minimum atomic E-state index is -1.11. The van der Waals surface area contributed by atoms with Crippen LogP contribution in [-0.4, -0.2) is 46.8 Å². The lowest BCUT2D eigenvalue weighted by atomic mass is 10.0. The van der Waals surface area contributed by atoms with Gasteiger partial charge in [-0.25, -0.2) is 0 Å². The molecule has 4 heteroatoms. The van der Waals surface area contributed by atoms with E-state index in [1.54, 1.807) is 0 Å². The van der Waals surface area contributed by atoms with Gasteiger partial charge in [0.25, 0.3) is 0 Å². The maximum atomic E-state index is 9.90. The number of hydrogen-bond acceptors (Lipinski definition) is 4. The van der Waals surface area contributed by atoms with Crippen LogP contribution in [0.5, 0.6) is 0 Å². The van der Waals surface area contributed by atoms with Gasteiger partial charge in [-0.2, -0.15) is 0 Å². The van der Waals surface area contributed by atoms with E-state index in [1.807, 2.05) is 0 Å². The molecule has 4 nitrogen and oxygen atoms in total. The summed E-state index contributed by atoms with van der Waals surface area (Å²) in [5.41, 5.74) is 0. The number of ether oxygens (including phenoxy) is 1. The van der Waals surface area contributed by atoms with Gasteiger partial charge in [0.15, 0.2) is 0 Å². The Kier molecular flexibility index (Phi) is 11.8. The van der Waals surface area contributed by atoms with Gasteiger partial charge in [0.05, 0.1) is 12.7 Å². The predicted molar refractivity (Wildman–Crippen MR) is 72.5 cm³/mol. The molecule has 0 heterocycles. The molecule has 0 bridgehead atoms. The van der Waals surface area contributed by atoms with E-state index in [0.29, 0.717) is 6.61 Å². The van der Waals surface area contributed by atoms with E-state index in [-0.39, 0.29) is 6.10 Å². The van der Waals surface area contributed by atoms with Crippen LogP contribution in [0.1, 0.15) is 58.8 Å². The number of hydrogen-bond donors (Lipinski definition) is 3. The van der Waals surface area contributed by atoms with Crippen molar-refractivity contribution in [3.63, 3.8) is 0 Å². The molecule has 3 N–H and O–H groups in total. The van der Waals surface area contributed by atoms with Crippen molar-refractivity contribution in [3.8, 4) is 0 Å². The standard InChI is InChI=1S/C14H30O4/c1-3-5-7-9-13(14(17)12(16)11-15)18-10-8-6-4-2/h12-17H,3-11H2,1-2H3/t12-,13?,14-/m1/s1. The molecule has 0 saturated heterocycles. The molecule has 0 aliphatic heterocycles. The molecule has 18 heavy (non-hydrogen) atoms. The SMILES string of the molecule is CCCCCOC(CCCCC)[C@H](O)[C@H](O)CO. The van der Waals surface area contributed by atoms with E-state index < -0.39 is 18.8 Å². The van der Waals surface area contributed by atoms with E-state index in [4.69, 9.17) is 9.84 Å². The Balaban J connectivity index is 4.05. The molecule has 110 valence electrons. The molecule has 0 amide bonds. The number of aliphatic hydroxyl groups is 3. The largest absolute Gasteiger partial charge is 0.394 e. The molecule has 0 fully saturated rings. The Morgan fingerprint density at radius 1 is 0.944 bits per heavy atom. The summed E-state index contributed by atoms with van der Waals surface area (Å²) in [5.74, 6) is 0. The number of rotatable bonds is 12. The molecule has 3 atom stereocenters. The predicted octanol–water partition coefficient (Wildman–Crippen LogP) is 1.86. The van der Waals surface area contributed by atoms with Gasteiger partial charge in [0, 0.05) is 6.61 Å². The first-order valence-electron chi connectivity index (χ1n) is 7.25. The lowest BCUT2D eigenvalue weighted by molar-refractivity contribution is -0.105. The molecule has 0 aromatic rings. The molecule has 0 rings (SSSR count). The molecule has 0 aliphatic rings. The van der Waals surface area contributed by atoms with Gasteiger partial charge >= 0.3 is 0 Å². The Morgan fingerprint density at radius 3 is 2.11 bits per heavy atom. The quantitative estimate of drug-likeness (QED) is 0.470. The lowest BCUT2D eigenvalue weighted by Gasteiger charge is -2.26. The fraction of sp³-hybridized carbons (Fsp3) is 1.00. The van der Waals surface area contributed by atoms with Crippen molar-refractivity contribution in [3.05, 3.63) is 0 Å². The zero-order valence-corrected chi connectivity index (χ0v) is 11.8. The molecule has 0 aromatic carbocycles. The molecule has 0 aromatic heterocycles. The Bertz CT molecular complexity index is 175. The average molecular weight is 262 g/mol. The molecular weight excluding hydrogens is 232 g/mol. The third-order valence-corrected chi connectivity index (χ3v) is 3.13. The van der Waals surface area contributed by atoms with Gasteiger partial charge in [0.2, 0.25) is 0 Å². The average Bonchev–Trinajstić information content (AvgIpc) is 2.40. The minimum Gasteiger partial charge on any atom is -0.394 e. The van der Waals surface area contributed by atoms with E-state index >= 15 is 0 Å². The summed E-state index contributed by atoms with van der Waals surface area (Å²) in [5, 5.41) is 28.2. The maximum Gasteiger partial charge on any atom is 0.108 e. The van der Waals surface area contributed by atoms with Crippen LogP contribution in [0.3, 0.4) is 0 Å². The summed E-state index contributed by atoms with van der Waals surface area (Å²) in [6.45, 7) is 4.43. The second kappa shape index (κ2) is 11.9. The zero-order chi connectivity index (χ0) is 13.8. The Hall–Kier alpha value is -0.160. The monoisotopic (exact) mass is 262 g/mol. The van der Waals surface area contributed by atoms with Gasteiger partial charge in [-0.1, -0.05) is 46.0 Å². The minimum absolute atomic E-state index is 0.365. The maximum absolute atomic E-state index is 9.90. The summed E-state index contributed by atoms with van der Waals surface area (Å²) in [7, 11) is 0. The fourth-order valence-electron chi connectivity index (χ4n) is 1.89. The highest BCUT2D eigenvalue weighted by Crippen LogP contribution is 2.14. The second-order valence-corrected chi connectivity index (χ2v) is 4.85. The molecular formula is C14H30O4. The third kappa shape index (κ3) is 8.03. The fourth-order valence-corrected chi connectivity index (χ4v) is 1.89. The normalized spacial score (nSPS) is 16.5. The first-order valence-corrected chi connectivity index (χ1v) is 7.25. The summed E-state index contributed by atoms with van der Waals surface area (Å²) >= 11 is 0. The van der Waals surface area contributed by atoms with Crippen LogP contribution in [-0.2, 0) is 4.74 Å². The molecule has 0 spiro atoms. The highest BCUT2D eigenvalue weighted by molar-refractivity contribution is 4.76.